The number of esters is 1. The molecular weight excluding hydrogens is 483 g/mol. The van der Waals surface area contributed by atoms with Gasteiger partial charge in [0.05, 0.1) is 15.3 Å². The number of nitrogens with zero attached hydrogens (tertiary/aromatic N) is 1. The first-order chi connectivity index (χ1) is 16.0. The topological polar surface area (TPSA) is 51.3 Å². The van der Waals surface area contributed by atoms with Gasteiger partial charge in [-0.2, -0.15) is 0 Å². The molecule has 0 amide bonds. The first-order valence-electron chi connectivity index (χ1n) is 12.3. The second-order valence-electron chi connectivity index (χ2n) is 11.6. The molecule has 5 heterocycles. The zero-order valence-corrected chi connectivity index (χ0v) is 23.9. The van der Waals surface area contributed by atoms with Crippen LogP contribution >= 0.6 is 22.7 Å². The van der Waals surface area contributed by atoms with Crippen molar-refractivity contribution in [1.82, 2.24) is 4.90 Å². The van der Waals surface area contributed by atoms with Gasteiger partial charge in [0.1, 0.15) is 18.3 Å². The largest absolute Gasteiger partial charge is 0.460 e. The minimum absolute atomic E-state index is 0.0344. The van der Waals surface area contributed by atoms with Crippen LogP contribution in [0.1, 0.15) is 56.7 Å². The third-order valence-electron chi connectivity index (χ3n) is 8.84. The zero-order chi connectivity index (χ0) is 24.5. The molecule has 8 heteroatoms. The molecule has 0 spiro atoms. The van der Waals surface area contributed by atoms with Crippen LogP contribution in [0.3, 0.4) is 0 Å². The van der Waals surface area contributed by atoms with Crippen LogP contribution in [0.15, 0.2) is 35.0 Å². The van der Waals surface area contributed by atoms with Crippen LogP contribution in [0, 0.1) is 0 Å². The van der Waals surface area contributed by atoms with E-state index >= 15 is 0 Å². The third kappa shape index (κ3) is 3.59. The third-order valence-corrected chi connectivity index (χ3v) is 15.2. The molecule has 34 heavy (non-hydrogen) atoms. The highest BCUT2D eigenvalue weighted by molar-refractivity contribution is 7.12. The summed E-state index contributed by atoms with van der Waals surface area (Å²) in [6.45, 7) is 13.3. The number of hydrogen-bond acceptors (Lipinski definition) is 7. The van der Waals surface area contributed by atoms with E-state index in [1.54, 1.807) is 22.7 Å². The van der Waals surface area contributed by atoms with Crippen molar-refractivity contribution in [3.05, 3.63) is 44.8 Å². The van der Waals surface area contributed by atoms with E-state index in [9.17, 15) is 4.79 Å². The lowest BCUT2D eigenvalue weighted by atomic mass is 9.83. The van der Waals surface area contributed by atoms with Gasteiger partial charge in [-0.3, -0.25) is 4.90 Å². The van der Waals surface area contributed by atoms with Crippen LogP contribution in [0.5, 0.6) is 0 Å². The number of hydrogen-bond donors (Lipinski definition) is 0. The fraction of sp³-hybridized carbons (Fsp3) is 0.654. The van der Waals surface area contributed by atoms with Gasteiger partial charge in [-0.05, 0) is 54.5 Å². The average molecular weight is 520 g/mol. The Hall–Kier alpha value is -1.03. The van der Waals surface area contributed by atoms with E-state index in [4.69, 9.17) is 13.9 Å². The van der Waals surface area contributed by atoms with Crippen LogP contribution in [-0.2, 0) is 24.3 Å². The number of thiophene rings is 2. The van der Waals surface area contributed by atoms with Crippen LogP contribution < -0.4 is 0 Å². The summed E-state index contributed by atoms with van der Waals surface area (Å²) >= 11 is 3.14. The Morgan fingerprint density at radius 2 is 1.82 bits per heavy atom. The van der Waals surface area contributed by atoms with Crippen molar-refractivity contribution in [3.8, 4) is 0 Å². The molecule has 3 fully saturated rings. The van der Waals surface area contributed by atoms with E-state index in [1.165, 1.54) is 0 Å². The van der Waals surface area contributed by atoms with Gasteiger partial charge in [0.15, 0.2) is 8.32 Å². The highest BCUT2D eigenvalue weighted by atomic mass is 32.1. The molecule has 186 valence electrons. The molecule has 3 saturated heterocycles. The van der Waals surface area contributed by atoms with E-state index in [2.05, 4.69) is 52.7 Å². The van der Waals surface area contributed by atoms with E-state index < -0.39 is 13.9 Å². The van der Waals surface area contributed by atoms with Gasteiger partial charge < -0.3 is 13.9 Å². The monoisotopic (exact) mass is 519 g/mol. The van der Waals surface area contributed by atoms with Gasteiger partial charge in [0, 0.05) is 18.9 Å². The van der Waals surface area contributed by atoms with Crippen LogP contribution in [0.4, 0.5) is 0 Å². The van der Waals surface area contributed by atoms with Gasteiger partial charge in [0.25, 0.3) is 0 Å². The quantitative estimate of drug-likeness (QED) is 0.255. The molecule has 0 saturated carbocycles. The molecule has 2 aromatic heterocycles. The summed E-state index contributed by atoms with van der Waals surface area (Å²) in [6.07, 6.45) is 3.06. The second-order valence-corrected chi connectivity index (χ2v) is 18.2. The van der Waals surface area contributed by atoms with Crippen molar-refractivity contribution in [2.45, 2.75) is 101 Å². The molecule has 3 aliphatic heterocycles. The number of rotatable bonds is 7. The fourth-order valence-electron chi connectivity index (χ4n) is 5.78. The van der Waals surface area contributed by atoms with E-state index in [0.717, 1.165) is 29.0 Å². The lowest BCUT2D eigenvalue weighted by Gasteiger charge is -2.48. The van der Waals surface area contributed by atoms with E-state index in [-0.39, 0.29) is 34.9 Å². The van der Waals surface area contributed by atoms with Crippen molar-refractivity contribution < 1.29 is 18.7 Å². The first kappa shape index (κ1) is 24.7. The van der Waals surface area contributed by atoms with E-state index in [1.807, 2.05) is 35.0 Å². The first-order valence-corrected chi connectivity index (χ1v) is 17.0. The van der Waals surface area contributed by atoms with E-state index in [0.29, 0.717) is 6.04 Å². The standard InChI is InChI=1S/C26H37NO4S2Si/c1-8-25-16-17(15-18(27(25)5)21-22(25)30-21)29-23(28)26(19-11-9-13-32-19,20-12-10-14-33-20)31-34(6,7)24(2,3)4/h9-14,17-18,21-22H,8,15-16H2,1-7H3. The average Bonchev–Trinajstić information content (AvgIpc) is 3.12. The minimum atomic E-state index is -2.35. The lowest BCUT2D eigenvalue weighted by molar-refractivity contribution is -0.173. The van der Waals surface area contributed by atoms with Gasteiger partial charge in [0.2, 0.25) is 5.60 Å². The van der Waals surface area contributed by atoms with Crippen LogP contribution in [-0.4, -0.2) is 56.1 Å². The molecule has 2 bridgehead atoms. The summed E-state index contributed by atoms with van der Waals surface area (Å²) in [5, 5.41) is 3.99. The number of fused-ring (bicyclic) bond motifs is 5. The fourth-order valence-corrected chi connectivity index (χ4v) is 9.09. The molecule has 5 nitrogen and oxygen atoms in total. The summed E-state index contributed by atoms with van der Waals surface area (Å²) in [7, 11) is -0.136. The molecule has 0 N–H and O–H groups in total. The number of epoxide rings is 1. The number of ether oxygens (including phenoxy) is 2. The summed E-state index contributed by atoms with van der Waals surface area (Å²) in [5.41, 5.74) is -1.26. The van der Waals surface area contributed by atoms with Crippen molar-refractivity contribution in [2.75, 3.05) is 7.05 Å². The molecular formula is C26H37NO4S2Si. The van der Waals surface area contributed by atoms with Crippen LogP contribution in [0.25, 0.3) is 0 Å². The molecule has 5 unspecified atom stereocenters. The second kappa shape index (κ2) is 8.25. The number of morpholine rings is 1. The molecule has 5 rings (SSSR count). The molecule has 5 atom stereocenters. The Morgan fingerprint density at radius 3 is 2.32 bits per heavy atom. The normalized spacial score (nSPS) is 31.4. The molecule has 2 aromatic rings. The summed E-state index contributed by atoms with van der Waals surface area (Å²) in [4.78, 5) is 18.7. The lowest BCUT2D eigenvalue weighted by Crippen LogP contribution is -2.58. The van der Waals surface area contributed by atoms with Crippen molar-refractivity contribution in [3.63, 3.8) is 0 Å². The van der Waals surface area contributed by atoms with Gasteiger partial charge in [-0.25, -0.2) is 4.79 Å². The zero-order valence-electron chi connectivity index (χ0n) is 21.3. The number of piperidine rings is 1. The minimum Gasteiger partial charge on any atom is -0.460 e. The predicted molar refractivity (Wildman–Crippen MR) is 140 cm³/mol. The maximum atomic E-state index is 14.4. The number of likely N-dealkylation sites (N-methyl/N-ethyl adjacent to an activating group) is 1. The van der Waals surface area contributed by atoms with Crippen LogP contribution in [0.2, 0.25) is 18.1 Å². The smallest absolute Gasteiger partial charge is 0.348 e. The van der Waals surface area contributed by atoms with Gasteiger partial charge in [-0.1, -0.05) is 39.8 Å². The Balaban J connectivity index is 1.52. The number of carbonyl (C=O) groups is 1. The summed E-state index contributed by atoms with van der Waals surface area (Å²) < 4.78 is 19.6. The Labute approximate surface area is 212 Å². The molecule has 0 radical (unpaired) electrons. The van der Waals surface area contributed by atoms with Crippen molar-refractivity contribution in [1.29, 1.82) is 0 Å². The maximum Gasteiger partial charge on any atom is 0.348 e. The Morgan fingerprint density at radius 1 is 1.21 bits per heavy atom. The SMILES string of the molecule is CCC12CC(OC(=O)C(O[Si](C)(C)C(C)(C)C)(c3cccs3)c3cccs3)CC(C3OC31)N2C. The van der Waals surface area contributed by atoms with Gasteiger partial charge >= 0.3 is 5.97 Å². The Bertz CT molecular complexity index is 998. The van der Waals surface area contributed by atoms with Gasteiger partial charge in [-0.15, -0.1) is 22.7 Å². The molecule has 3 aliphatic rings. The van der Waals surface area contributed by atoms with Crippen molar-refractivity contribution in [2.24, 2.45) is 0 Å². The highest BCUT2D eigenvalue weighted by Gasteiger charge is 2.70. The number of carbonyl (C=O) groups excluding carboxylic acids is 1. The highest BCUT2D eigenvalue weighted by Crippen LogP contribution is 2.56. The summed E-state index contributed by atoms with van der Waals surface area (Å²) in [6, 6.07) is 8.35. The molecule has 0 aliphatic carbocycles. The molecule has 0 aromatic carbocycles. The van der Waals surface area contributed by atoms with Crippen molar-refractivity contribution >= 4 is 37.0 Å². The predicted octanol–water partition coefficient (Wildman–Crippen LogP) is 6.01. The Kier molecular flexibility index (Phi) is 5.98. The summed E-state index contributed by atoms with van der Waals surface area (Å²) in [5.74, 6) is -0.267. The maximum absolute atomic E-state index is 14.4.